The van der Waals surface area contributed by atoms with Crippen LogP contribution in [0.4, 0.5) is 17.6 Å². The lowest BCUT2D eigenvalue weighted by molar-refractivity contribution is -0.140. The molecule has 0 spiro atoms. The van der Waals surface area contributed by atoms with E-state index >= 15 is 0 Å². The van der Waals surface area contributed by atoms with Gasteiger partial charge in [0, 0.05) is 12.6 Å². The maximum absolute atomic E-state index is 12.7. The Morgan fingerprint density at radius 1 is 1.17 bits per heavy atom. The Morgan fingerprint density at radius 2 is 1.78 bits per heavy atom. The van der Waals surface area contributed by atoms with E-state index in [1.165, 1.54) is 12.1 Å². The molecule has 0 aliphatic carbocycles. The largest absolute Gasteiger partial charge is 0.396 e. The first-order chi connectivity index (χ1) is 8.42. The number of halogens is 4. The van der Waals surface area contributed by atoms with Crippen LogP contribution in [0.15, 0.2) is 24.3 Å². The van der Waals surface area contributed by atoms with Crippen LogP contribution in [0.1, 0.15) is 24.4 Å². The zero-order valence-corrected chi connectivity index (χ0v) is 9.67. The van der Waals surface area contributed by atoms with Gasteiger partial charge in [0.2, 0.25) is 0 Å². The molecule has 0 amide bonds. The van der Waals surface area contributed by atoms with Crippen molar-refractivity contribution in [2.75, 3.05) is 13.2 Å². The molecule has 0 aliphatic heterocycles. The molecule has 1 unspecified atom stereocenters. The van der Waals surface area contributed by atoms with Crippen LogP contribution in [0.3, 0.4) is 0 Å². The highest BCUT2D eigenvalue weighted by atomic mass is 19.4. The van der Waals surface area contributed by atoms with Gasteiger partial charge in [0.05, 0.1) is 6.42 Å². The molecular formula is C12H15F4NO. The van der Waals surface area contributed by atoms with Crippen LogP contribution in [-0.2, 0) is 0 Å². The SMILES string of the molecule is OCCCNC(CC(F)(F)F)c1ccc(F)cc1. The lowest BCUT2D eigenvalue weighted by Gasteiger charge is -2.20. The van der Waals surface area contributed by atoms with Crippen LogP contribution in [0, 0.1) is 5.82 Å². The van der Waals surface area contributed by atoms with Gasteiger partial charge >= 0.3 is 6.18 Å². The van der Waals surface area contributed by atoms with Crippen molar-refractivity contribution in [3.63, 3.8) is 0 Å². The minimum atomic E-state index is -4.30. The zero-order valence-electron chi connectivity index (χ0n) is 9.67. The van der Waals surface area contributed by atoms with E-state index in [4.69, 9.17) is 5.11 Å². The molecule has 0 heterocycles. The first-order valence-corrected chi connectivity index (χ1v) is 5.59. The molecule has 0 bridgehead atoms. The molecule has 0 fully saturated rings. The van der Waals surface area contributed by atoms with Crippen molar-refractivity contribution in [2.24, 2.45) is 0 Å². The molecule has 2 N–H and O–H groups in total. The van der Waals surface area contributed by atoms with Gasteiger partial charge in [-0.15, -0.1) is 0 Å². The van der Waals surface area contributed by atoms with Crippen molar-refractivity contribution in [3.8, 4) is 0 Å². The number of aliphatic hydroxyl groups excluding tert-OH is 1. The number of hydrogen-bond acceptors (Lipinski definition) is 2. The topological polar surface area (TPSA) is 32.3 Å². The molecule has 18 heavy (non-hydrogen) atoms. The van der Waals surface area contributed by atoms with E-state index in [-0.39, 0.29) is 13.2 Å². The van der Waals surface area contributed by atoms with Gasteiger partial charge in [0.15, 0.2) is 0 Å². The average Bonchev–Trinajstić information content (AvgIpc) is 2.27. The molecule has 0 saturated heterocycles. The Kier molecular flexibility index (Phi) is 5.55. The van der Waals surface area contributed by atoms with E-state index in [1.807, 2.05) is 0 Å². The standard InChI is InChI=1S/C12H15F4NO/c13-10-4-2-9(3-5-10)11(8-12(14,15)16)17-6-1-7-18/h2-5,11,17-18H,1,6-8H2. The molecule has 1 aromatic carbocycles. The second-order valence-corrected chi connectivity index (χ2v) is 3.95. The fraction of sp³-hybridized carbons (Fsp3) is 0.500. The van der Waals surface area contributed by atoms with E-state index < -0.39 is 24.5 Å². The van der Waals surface area contributed by atoms with Gasteiger partial charge in [-0.3, -0.25) is 0 Å². The van der Waals surface area contributed by atoms with Crippen LogP contribution in [0.25, 0.3) is 0 Å². The summed E-state index contributed by atoms with van der Waals surface area (Å²) in [5, 5.41) is 11.3. The maximum atomic E-state index is 12.7. The molecule has 0 radical (unpaired) electrons. The quantitative estimate of drug-likeness (QED) is 0.612. The van der Waals surface area contributed by atoms with E-state index in [2.05, 4.69) is 5.32 Å². The lowest BCUT2D eigenvalue weighted by atomic mass is 10.0. The van der Waals surface area contributed by atoms with Crippen molar-refractivity contribution < 1.29 is 22.7 Å². The fourth-order valence-electron chi connectivity index (χ4n) is 1.59. The molecule has 2 nitrogen and oxygen atoms in total. The third-order valence-corrected chi connectivity index (χ3v) is 2.43. The normalized spacial score (nSPS) is 13.6. The minimum absolute atomic E-state index is 0.0881. The van der Waals surface area contributed by atoms with Gasteiger partial charge in [-0.2, -0.15) is 13.2 Å². The molecule has 6 heteroatoms. The number of benzene rings is 1. The summed E-state index contributed by atoms with van der Waals surface area (Å²) in [6.45, 7) is 0.184. The Balaban J connectivity index is 2.72. The van der Waals surface area contributed by atoms with Crippen LogP contribution < -0.4 is 5.32 Å². The third kappa shape index (κ3) is 5.46. The first-order valence-electron chi connectivity index (χ1n) is 5.59. The summed E-state index contributed by atoms with van der Waals surface area (Å²) in [7, 11) is 0. The lowest BCUT2D eigenvalue weighted by Crippen LogP contribution is -2.28. The van der Waals surface area contributed by atoms with E-state index in [0.29, 0.717) is 12.0 Å². The maximum Gasteiger partial charge on any atom is 0.390 e. The first kappa shape index (κ1) is 14.9. The summed E-state index contributed by atoms with van der Waals surface area (Å²) in [4.78, 5) is 0. The minimum Gasteiger partial charge on any atom is -0.396 e. The monoisotopic (exact) mass is 265 g/mol. The van der Waals surface area contributed by atoms with Crippen LogP contribution in [0.2, 0.25) is 0 Å². The smallest absolute Gasteiger partial charge is 0.390 e. The predicted molar refractivity (Wildman–Crippen MR) is 59.5 cm³/mol. The van der Waals surface area contributed by atoms with Crippen molar-refractivity contribution in [3.05, 3.63) is 35.6 Å². The van der Waals surface area contributed by atoms with Crippen molar-refractivity contribution >= 4 is 0 Å². The Bertz CT molecular complexity index is 350. The van der Waals surface area contributed by atoms with Gasteiger partial charge < -0.3 is 10.4 Å². The molecule has 0 saturated carbocycles. The zero-order chi connectivity index (χ0) is 13.6. The summed E-state index contributed by atoms with van der Waals surface area (Å²) >= 11 is 0. The Hall–Kier alpha value is -1.14. The van der Waals surface area contributed by atoms with Crippen molar-refractivity contribution in [1.29, 1.82) is 0 Å². The van der Waals surface area contributed by atoms with E-state index in [1.54, 1.807) is 0 Å². The molecular weight excluding hydrogens is 250 g/mol. The van der Waals surface area contributed by atoms with Gasteiger partial charge in [-0.1, -0.05) is 12.1 Å². The highest BCUT2D eigenvalue weighted by Crippen LogP contribution is 2.29. The van der Waals surface area contributed by atoms with Crippen LogP contribution >= 0.6 is 0 Å². The molecule has 0 aromatic heterocycles. The second-order valence-electron chi connectivity index (χ2n) is 3.95. The number of rotatable bonds is 6. The summed E-state index contributed by atoms with van der Waals surface area (Å²) < 4.78 is 50.0. The second kappa shape index (κ2) is 6.70. The van der Waals surface area contributed by atoms with Crippen molar-refractivity contribution in [1.82, 2.24) is 5.32 Å². The Morgan fingerprint density at radius 3 is 2.28 bits per heavy atom. The average molecular weight is 265 g/mol. The highest BCUT2D eigenvalue weighted by Gasteiger charge is 2.32. The molecule has 102 valence electrons. The molecule has 1 atom stereocenters. The van der Waals surface area contributed by atoms with E-state index in [0.717, 1.165) is 12.1 Å². The number of hydrogen-bond donors (Lipinski definition) is 2. The number of aliphatic hydroxyl groups is 1. The summed E-state index contributed by atoms with van der Waals surface area (Å²) in [6, 6.07) is 4.01. The van der Waals surface area contributed by atoms with E-state index in [9.17, 15) is 17.6 Å². The van der Waals surface area contributed by atoms with Crippen LogP contribution in [0.5, 0.6) is 0 Å². The summed E-state index contributed by atoms with van der Waals surface area (Å²) in [5.74, 6) is -0.486. The van der Waals surface area contributed by atoms with Gasteiger partial charge in [-0.25, -0.2) is 4.39 Å². The summed E-state index contributed by atoms with van der Waals surface area (Å²) in [6.07, 6.45) is -4.95. The molecule has 0 aliphatic rings. The van der Waals surface area contributed by atoms with Crippen LogP contribution in [-0.4, -0.2) is 24.4 Å². The number of nitrogens with one attached hydrogen (secondary N) is 1. The predicted octanol–water partition coefficient (Wildman–Crippen LogP) is 2.79. The third-order valence-electron chi connectivity index (χ3n) is 2.43. The highest BCUT2D eigenvalue weighted by molar-refractivity contribution is 5.20. The summed E-state index contributed by atoms with van der Waals surface area (Å²) in [5.41, 5.74) is 0.381. The molecule has 1 rings (SSSR count). The van der Waals surface area contributed by atoms with Crippen molar-refractivity contribution in [2.45, 2.75) is 25.1 Å². The number of alkyl halides is 3. The Labute approximate surface area is 103 Å². The van der Waals surface area contributed by atoms with Gasteiger partial charge in [0.1, 0.15) is 5.82 Å². The fourth-order valence-corrected chi connectivity index (χ4v) is 1.59. The van der Waals surface area contributed by atoms with Gasteiger partial charge in [-0.05, 0) is 30.7 Å². The van der Waals surface area contributed by atoms with Gasteiger partial charge in [0.25, 0.3) is 0 Å². The molecule has 1 aromatic rings.